The van der Waals surface area contributed by atoms with Crippen LogP contribution in [0.2, 0.25) is 0 Å². The Bertz CT molecular complexity index is 267. The largest absolute Gasteiger partial charge is 0.478 e. The van der Waals surface area contributed by atoms with Crippen LogP contribution in [0.15, 0.2) is 12.2 Å². The normalized spacial score (nSPS) is 13.6. The van der Waals surface area contributed by atoms with Crippen LogP contribution in [0.4, 0.5) is 0 Å². The van der Waals surface area contributed by atoms with Crippen molar-refractivity contribution < 1.29 is 28.8 Å². The smallest absolute Gasteiger partial charge is 0.469 e. The van der Waals surface area contributed by atoms with Gasteiger partial charge >= 0.3 is 13.8 Å². The molecule has 1 unspecified atom stereocenters. The third kappa shape index (κ3) is 5.88. The molecule has 0 amide bonds. The van der Waals surface area contributed by atoms with Crippen LogP contribution in [0.3, 0.4) is 0 Å². The summed E-state index contributed by atoms with van der Waals surface area (Å²) in [6, 6.07) is 0. The number of carboxylic acids is 1. The van der Waals surface area contributed by atoms with Crippen LogP contribution >= 0.6 is 7.82 Å². The third-order valence-electron chi connectivity index (χ3n) is 1.52. The van der Waals surface area contributed by atoms with Crippen LogP contribution < -0.4 is 0 Å². The van der Waals surface area contributed by atoms with Gasteiger partial charge in [-0.3, -0.25) is 4.52 Å². The van der Waals surface area contributed by atoms with Gasteiger partial charge in [0.2, 0.25) is 0 Å². The van der Waals surface area contributed by atoms with Gasteiger partial charge in [0, 0.05) is 12.0 Å². The van der Waals surface area contributed by atoms with Crippen LogP contribution in [-0.2, 0) is 13.9 Å². The molecule has 0 bridgehead atoms. The molecule has 6 nitrogen and oxygen atoms in total. The van der Waals surface area contributed by atoms with Gasteiger partial charge in [0.15, 0.2) is 0 Å². The molecule has 0 aliphatic rings. The van der Waals surface area contributed by atoms with E-state index in [0.29, 0.717) is 6.42 Å². The summed E-state index contributed by atoms with van der Waals surface area (Å²) in [6.45, 7) is 4.87. The second-order valence-electron chi connectivity index (χ2n) is 2.74. The fraction of sp³-hybridized carbons (Fsp3) is 0.571. The highest BCUT2D eigenvalue weighted by atomic mass is 31.2. The maximum absolute atomic E-state index is 10.4. The van der Waals surface area contributed by atoms with Crippen molar-refractivity contribution >= 4 is 13.8 Å². The Hall–Kier alpha value is -0.680. The number of phosphoric acid groups is 1. The summed E-state index contributed by atoms with van der Waals surface area (Å²) in [4.78, 5) is 27.3. The van der Waals surface area contributed by atoms with Crippen molar-refractivity contribution in [2.45, 2.75) is 25.9 Å². The highest BCUT2D eigenvalue weighted by molar-refractivity contribution is 7.46. The first-order valence-electron chi connectivity index (χ1n) is 3.91. The van der Waals surface area contributed by atoms with Crippen molar-refractivity contribution in [2.24, 2.45) is 0 Å². The van der Waals surface area contributed by atoms with E-state index in [9.17, 15) is 9.36 Å². The quantitative estimate of drug-likeness (QED) is 0.457. The minimum Gasteiger partial charge on any atom is -0.478 e. The standard InChI is InChI=1S/C7H13O6P/c1-3-6(13-14(10,11)12)4-5(2)7(8)9/h6H,2-4H2,1H3,(H,8,9)(H2,10,11,12). The molecule has 0 rings (SSSR count). The molecule has 0 radical (unpaired) electrons. The maximum Gasteiger partial charge on any atom is 0.469 e. The first kappa shape index (κ1) is 13.3. The van der Waals surface area contributed by atoms with Crippen molar-refractivity contribution in [1.82, 2.24) is 0 Å². The van der Waals surface area contributed by atoms with Crippen molar-refractivity contribution in [3.8, 4) is 0 Å². The molecule has 0 aromatic carbocycles. The van der Waals surface area contributed by atoms with E-state index in [1.807, 2.05) is 0 Å². The Labute approximate surface area is 81.4 Å². The van der Waals surface area contributed by atoms with E-state index in [0.717, 1.165) is 0 Å². The van der Waals surface area contributed by atoms with Gasteiger partial charge in [-0.2, -0.15) is 0 Å². The molecular weight excluding hydrogens is 211 g/mol. The highest BCUT2D eigenvalue weighted by Crippen LogP contribution is 2.39. The average molecular weight is 224 g/mol. The molecular formula is C7H13O6P. The second kappa shape index (κ2) is 5.26. The first-order chi connectivity index (χ1) is 6.26. The van der Waals surface area contributed by atoms with E-state index in [-0.39, 0.29) is 12.0 Å². The molecule has 1 atom stereocenters. The van der Waals surface area contributed by atoms with Crippen molar-refractivity contribution in [1.29, 1.82) is 0 Å². The number of carboxylic acid groups (broad SMARTS) is 1. The summed E-state index contributed by atoms with van der Waals surface area (Å²) in [5, 5.41) is 8.48. The molecule has 0 aliphatic heterocycles. The average Bonchev–Trinajstić information content (AvgIpc) is 2.00. The summed E-state index contributed by atoms with van der Waals surface area (Å²) in [5.74, 6) is -1.20. The van der Waals surface area contributed by atoms with E-state index in [1.165, 1.54) is 0 Å². The lowest BCUT2D eigenvalue weighted by atomic mass is 10.1. The SMILES string of the molecule is C=C(CC(CC)OP(=O)(O)O)C(=O)O. The zero-order valence-electron chi connectivity index (χ0n) is 7.71. The molecule has 7 heteroatoms. The number of hydrogen-bond acceptors (Lipinski definition) is 3. The van der Waals surface area contributed by atoms with Crippen molar-refractivity contribution in [2.75, 3.05) is 0 Å². The summed E-state index contributed by atoms with van der Waals surface area (Å²) in [5.41, 5.74) is -0.134. The molecule has 82 valence electrons. The van der Waals surface area contributed by atoms with Gasteiger partial charge in [-0.1, -0.05) is 13.5 Å². The molecule has 0 aromatic rings. The number of aliphatic carboxylic acids is 1. The summed E-state index contributed by atoms with van der Waals surface area (Å²) >= 11 is 0. The highest BCUT2D eigenvalue weighted by Gasteiger charge is 2.22. The van der Waals surface area contributed by atoms with Crippen molar-refractivity contribution in [3.63, 3.8) is 0 Å². The van der Waals surface area contributed by atoms with E-state index >= 15 is 0 Å². The second-order valence-corrected chi connectivity index (χ2v) is 3.93. The number of phosphoric ester groups is 1. The topological polar surface area (TPSA) is 104 Å². The van der Waals surface area contributed by atoms with Crippen LogP contribution in [-0.4, -0.2) is 27.0 Å². The summed E-state index contributed by atoms with van der Waals surface area (Å²) in [6.07, 6.45) is -0.617. The van der Waals surface area contributed by atoms with Crippen LogP contribution in [0.1, 0.15) is 19.8 Å². The predicted octanol–water partition coefficient (Wildman–Crippen LogP) is 0.905. The number of rotatable bonds is 6. The van der Waals surface area contributed by atoms with E-state index in [2.05, 4.69) is 11.1 Å². The van der Waals surface area contributed by atoms with E-state index in [4.69, 9.17) is 14.9 Å². The molecule has 3 N–H and O–H groups in total. The van der Waals surface area contributed by atoms with Gasteiger partial charge in [0.25, 0.3) is 0 Å². The number of hydrogen-bond donors (Lipinski definition) is 3. The monoisotopic (exact) mass is 224 g/mol. The Morgan fingerprint density at radius 1 is 1.57 bits per heavy atom. The van der Waals surface area contributed by atoms with Gasteiger partial charge in [-0.15, -0.1) is 0 Å². The minimum absolute atomic E-state index is 0.100. The fourth-order valence-corrected chi connectivity index (χ4v) is 1.42. The Morgan fingerprint density at radius 2 is 2.07 bits per heavy atom. The van der Waals surface area contributed by atoms with E-state index < -0.39 is 19.9 Å². The lowest BCUT2D eigenvalue weighted by Gasteiger charge is -2.15. The maximum atomic E-state index is 10.4. The van der Waals surface area contributed by atoms with E-state index in [1.54, 1.807) is 6.92 Å². The molecule has 14 heavy (non-hydrogen) atoms. The molecule has 0 aromatic heterocycles. The van der Waals surface area contributed by atoms with Gasteiger partial charge < -0.3 is 14.9 Å². The molecule has 0 heterocycles. The van der Waals surface area contributed by atoms with Gasteiger partial charge in [-0.25, -0.2) is 9.36 Å². The summed E-state index contributed by atoms with van der Waals surface area (Å²) < 4.78 is 14.8. The van der Waals surface area contributed by atoms with Gasteiger partial charge in [0.05, 0.1) is 6.10 Å². The molecule has 0 fully saturated rings. The first-order valence-corrected chi connectivity index (χ1v) is 5.44. The lowest BCUT2D eigenvalue weighted by Crippen LogP contribution is -2.14. The molecule has 0 saturated carbocycles. The van der Waals surface area contributed by atoms with Crippen LogP contribution in [0, 0.1) is 0 Å². The lowest BCUT2D eigenvalue weighted by molar-refractivity contribution is -0.133. The Balaban J connectivity index is 4.24. The number of carbonyl (C=O) groups is 1. The van der Waals surface area contributed by atoms with Gasteiger partial charge in [-0.05, 0) is 6.42 Å². The van der Waals surface area contributed by atoms with Gasteiger partial charge in [0.1, 0.15) is 0 Å². The zero-order valence-corrected chi connectivity index (χ0v) is 8.61. The fourth-order valence-electron chi connectivity index (χ4n) is 0.812. The zero-order chi connectivity index (χ0) is 11.4. The van der Waals surface area contributed by atoms with Crippen molar-refractivity contribution in [3.05, 3.63) is 12.2 Å². The Morgan fingerprint density at radius 3 is 2.36 bits per heavy atom. The molecule has 0 saturated heterocycles. The predicted molar refractivity (Wildman–Crippen MR) is 48.6 cm³/mol. The van der Waals surface area contributed by atoms with Crippen LogP contribution in [0.25, 0.3) is 0 Å². The molecule has 0 aliphatic carbocycles. The Kier molecular flexibility index (Phi) is 5.01. The minimum atomic E-state index is -4.56. The summed E-state index contributed by atoms with van der Waals surface area (Å²) in [7, 11) is -4.56. The van der Waals surface area contributed by atoms with Crippen LogP contribution in [0.5, 0.6) is 0 Å². The molecule has 0 spiro atoms. The third-order valence-corrected chi connectivity index (χ3v) is 2.09.